The number of rotatable bonds is 20. The first-order chi connectivity index (χ1) is 45.5. The third-order valence-electron chi connectivity index (χ3n) is 23.3. The number of fused-ring (bicyclic) bond motifs is 18. The van der Waals surface area contributed by atoms with E-state index in [9.17, 15) is 0 Å². The van der Waals surface area contributed by atoms with Gasteiger partial charge in [-0.3, -0.25) is 0 Å². The second kappa shape index (κ2) is 24.0. The lowest BCUT2D eigenvalue weighted by Crippen LogP contribution is -2.25. The van der Waals surface area contributed by atoms with Crippen molar-refractivity contribution in [3.8, 4) is 77.9 Å². The molecule has 0 bridgehead atoms. The highest BCUT2D eigenvalue weighted by Gasteiger charge is 2.49. The molecule has 2 heteroatoms. The minimum Gasteiger partial charge on any atom is -0.315 e. The topological polar surface area (TPSA) is 3.24 Å². The van der Waals surface area contributed by atoms with Crippen LogP contribution in [-0.4, -0.2) is 0 Å². The highest BCUT2D eigenvalue weighted by molar-refractivity contribution is 7.26. The van der Waals surface area contributed by atoms with Crippen molar-refractivity contribution in [1.29, 1.82) is 0 Å². The molecule has 0 saturated carbocycles. The summed E-state index contributed by atoms with van der Waals surface area (Å²) in [7, 11) is 0. The van der Waals surface area contributed by atoms with Crippen molar-refractivity contribution in [1.82, 2.24) is 0 Å². The molecule has 94 heavy (non-hydrogen) atoms. The van der Waals surface area contributed by atoms with E-state index in [0.29, 0.717) is 0 Å². The summed E-state index contributed by atoms with van der Waals surface area (Å²) in [6, 6.07) is 72.0. The lowest BCUT2D eigenvalue weighted by Gasteiger charge is -2.33. The van der Waals surface area contributed by atoms with Crippen molar-refractivity contribution >= 4 is 42.9 Å². The van der Waals surface area contributed by atoms with Gasteiger partial charge >= 0.3 is 0 Å². The summed E-state index contributed by atoms with van der Waals surface area (Å²) >= 11 is 1.98. The zero-order valence-corrected chi connectivity index (χ0v) is 59.0. The first-order valence-electron chi connectivity index (χ1n) is 36.0. The molecule has 0 aliphatic heterocycles. The van der Waals surface area contributed by atoms with E-state index in [1.165, 1.54) is 250 Å². The number of unbranched alkanes of at least 4 members (excludes halogenated alkanes) is 10. The number of anilines is 2. The van der Waals surface area contributed by atoms with Gasteiger partial charge in [0.05, 0.1) is 0 Å². The van der Waals surface area contributed by atoms with Crippen molar-refractivity contribution < 1.29 is 0 Å². The molecule has 0 spiro atoms. The Hall–Kier alpha value is -8.04. The smallest absolute Gasteiger partial charge is 0.0487 e. The van der Waals surface area contributed by atoms with Gasteiger partial charge in [-0.1, -0.05) is 278 Å². The molecule has 474 valence electrons. The largest absolute Gasteiger partial charge is 0.315 e. The van der Waals surface area contributed by atoms with Crippen molar-refractivity contribution in [2.24, 2.45) is 0 Å². The van der Waals surface area contributed by atoms with Crippen LogP contribution in [0, 0.1) is 13.8 Å². The molecule has 0 unspecified atom stereocenters. The standard InChI is InChI=1S/C92H95NS/c1-13-16-18-20-22-28-50-92(51-29-23-21-19-17-14-2)75-32-26-24-30-68(75)71-46-41-66(56-80(71)92)65-40-45-70-69-44-39-63(53-76(69)89(7,8)77(70)55-65)61-35-37-62(38-36-61)64-42-47-72-78(54-64)90(9,10)86-83(72)84-74-31-25-27-33-82(74)94-88(84)85-73-48-43-67(57-79(73)91(11,12)87(85)86)93(60(6)15-3)81-49-34-58(4)52-59(81)5/h15,24-27,30-49,52-57H,13-14,16-23,28-29,50-51H2,1-12H3/b60-15+. The van der Waals surface area contributed by atoms with Gasteiger partial charge in [0, 0.05) is 64.5 Å². The van der Waals surface area contributed by atoms with Crippen LogP contribution < -0.4 is 4.90 Å². The summed E-state index contributed by atoms with van der Waals surface area (Å²) < 4.78 is 2.77. The Bertz CT molecular complexity index is 4820. The summed E-state index contributed by atoms with van der Waals surface area (Å²) in [5.74, 6) is 0. The molecule has 1 heterocycles. The first-order valence-corrected chi connectivity index (χ1v) is 36.8. The van der Waals surface area contributed by atoms with Gasteiger partial charge in [0.2, 0.25) is 0 Å². The van der Waals surface area contributed by atoms with Crippen LogP contribution in [0.4, 0.5) is 11.4 Å². The summed E-state index contributed by atoms with van der Waals surface area (Å²) in [6.07, 6.45) is 20.7. The maximum Gasteiger partial charge on any atom is 0.0487 e. The molecule has 15 rings (SSSR count). The van der Waals surface area contributed by atoms with E-state index in [2.05, 4.69) is 276 Å². The lowest BCUT2D eigenvalue weighted by atomic mass is 9.70. The van der Waals surface area contributed by atoms with Crippen LogP contribution in [0.2, 0.25) is 0 Å². The monoisotopic (exact) mass is 1250 g/mol. The van der Waals surface area contributed by atoms with E-state index in [1.54, 1.807) is 11.1 Å². The van der Waals surface area contributed by atoms with Gasteiger partial charge in [0.1, 0.15) is 0 Å². The Morgan fingerprint density at radius 1 is 0.415 bits per heavy atom. The number of nitrogens with zero attached hydrogens (tertiary/aromatic N) is 1. The highest BCUT2D eigenvalue weighted by atomic mass is 32.1. The van der Waals surface area contributed by atoms with Gasteiger partial charge < -0.3 is 4.90 Å². The summed E-state index contributed by atoms with van der Waals surface area (Å²) in [4.78, 5) is 2.46. The predicted molar refractivity (Wildman–Crippen MR) is 408 cm³/mol. The summed E-state index contributed by atoms with van der Waals surface area (Å²) in [5, 5.41) is 2.78. The number of benzene rings is 10. The molecule has 11 aromatic rings. The van der Waals surface area contributed by atoms with Gasteiger partial charge in [-0.15, -0.1) is 11.3 Å². The predicted octanol–water partition coefficient (Wildman–Crippen LogP) is 27.4. The van der Waals surface area contributed by atoms with Gasteiger partial charge in [-0.05, 0) is 211 Å². The van der Waals surface area contributed by atoms with Gasteiger partial charge in [0.25, 0.3) is 0 Å². The molecule has 4 aliphatic carbocycles. The van der Waals surface area contributed by atoms with Crippen LogP contribution >= 0.6 is 11.3 Å². The normalized spacial score (nSPS) is 15.4. The maximum absolute atomic E-state index is 2.64. The summed E-state index contributed by atoms with van der Waals surface area (Å²) in [5.41, 5.74) is 36.4. The lowest BCUT2D eigenvalue weighted by molar-refractivity contribution is 0.398. The molecule has 0 N–H and O–H groups in total. The van der Waals surface area contributed by atoms with Crippen molar-refractivity contribution in [2.75, 3.05) is 4.90 Å². The third-order valence-corrected chi connectivity index (χ3v) is 24.5. The maximum atomic E-state index is 2.64. The van der Waals surface area contributed by atoms with Crippen molar-refractivity contribution in [2.45, 2.75) is 195 Å². The van der Waals surface area contributed by atoms with Gasteiger partial charge in [0.15, 0.2) is 0 Å². The van der Waals surface area contributed by atoms with Gasteiger partial charge in [-0.25, -0.2) is 0 Å². The fourth-order valence-electron chi connectivity index (χ4n) is 18.3. The number of allylic oxidation sites excluding steroid dienone is 2. The number of hydrogen-bond acceptors (Lipinski definition) is 2. The second-order valence-electron chi connectivity index (χ2n) is 30.2. The second-order valence-corrected chi connectivity index (χ2v) is 31.3. The third kappa shape index (κ3) is 9.87. The van der Waals surface area contributed by atoms with E-state index in [1.807, 2.05) is 11.3 Å². The number of aryl methyl sites for hydroxylation is 2. The Morgan fingerprint density at radius 2 is 0.872 bits per heavy atom. The SMILES string of the molecule is C/C=C(\C)N(c1ccc2c(c1)C(C)(C)c1c3c(c4c(sc5ccccc54)c1-2)-c1ccc(-c2ccc(-c4ccc5c(c4)C(C)(C)c4cc(-c6ccc7c(c6)C(CCCCCCCC)(CCCCCCCC)c6ccccc6-7)ccc4-5)cc2)cc1C3(C)C)c1ccc(C)cc1C. The zero-order valence-electron chi connectivity index (χ0n) is 58.2. The molecule has 1 aromatic heterocycles. The number of hydrogen-bond donors (Lipinski definition) is 0. The molecule has 0 saturated heterocycles. The summed E-state index contributed by atoms with van der Waals surface area (Å²) in [6.45, 7) is 28.4. The average Bonchev–Trinajstić information content (AvgIpc) is 1.51. The first kappa shape index (κ1) is 62.1. The molecule has 0 amide bonds. The van der Waals surface area contributed by atoms with E-state index >= 15 is 0 Å². The van der Waals surface area contributed by atoms with Crippen molar-refractivity contribution in [3.05, 3.63) is 249 Å². The molecule has 0 radical (unpaired) electrons. The Balaban J connectivity index is 0.733. The molecule has 4 aliphatic rings. The minimum atomic E-state index is -0.258. The van der Waals surface area contributed by atoms with Crippen LogP contribution in [0.1, 0.15) is 215 Å². The highest BCUT2D eigenvalue weighted by Crippen LogP contribution is 2.65. The Labute approximate surface area is 566 Å². The number of thiophene rings is 1. The van der Waals surface area contributed by atoms with E-state index in [0.717, 1.165) is 0 Å². The van der Waals surface area contributed by atoms with E-state index in [-0.39, 0.29) is 21.7 Å². The molecule has 0 atom stereocenters. The molecule has 10 aromatic carbocycles. The van der Waals surface area contributed by atoms with Crippen LogP contribution in [0.5, 0.6) is 0 Å². The quantitative estimate of drug-likeness (QED) is 0.0688. The molecular formula is C92H95NS. The van der Waals surface area contributed by atoms with E-state index in [4.69, 9.17) is 0 Å². The zero-order chi connectivity index (χ0) is 65.0. The van der Waals surface area contributed by atoms with Crippen LogP contribution in [0.15, 0.2) is 194 Å². The Morgan fingerprint density at radius 3 is 1.47 bits per heavy atom. The van der Waals surface area contributed by atoms with Crippen molar-refractivity contribution in [3.63, 3.8) is 0 Å². The average molecular weight is 1250 g/mol. The van der Waals surface area contributed by atoms with Crippen LogP contribution in [0.25, 0.3) is 98.1 Å². The fraction of sp³-hybridized carbons (Fsp3) is 0.326. The molecular weight excluding hydrogens is 1150 g/mol. The fourth-order valence-corrected chi connectivity index (χ4v) is 19.5. The van der Waals surface area contributed by atoms with Gasteiger partial charge in [-0.2, -0.15) is 0 Å². The van der Waals surface area contributed by atoms with Crippen LogP contribution in [-0.2, 0) is 21.7 Å². The Kier molecular flexibility index (Phi) is 15.9. The molecule has 1 nitrogen and oxygen atoms in total. The minimum absolute atomic E-state index is 0.0618. The van der Waals surface area contributed by atoms with E-state index < -0.39 is 0 Å². The molecule has 0 fully saturated rings. The van der Waals surface area contributed by atoms with Crippen LogP contribution in [0.3, 0.4) is 0 Å².